The molecule has 48 heavy (non-hydrogen) atoms. The average molecular weight is 651 g/mol. The van der Waals surface area contributed by atoms with E-state index in [2.05, 4.69) is 31.4 Å². The van der Waals surface area contributed by atoms with Crippen molar-refractivity contribution in [3.8, 4) is 35.4 Å². The number of alkyl halides is 1. The minimum absolute atomic E-state index is 0.0240. The van der Waals surface area contributed by atoms with Gasteiger partial charge < -0.3 is 24.9 Å². The fourth-order valence-electron chi connectivity index (χ4n) is 7.70. The standard InChI is InChI=1S/C36H32F2N6O4/c1-3-24-27(38)8-7-20-12-23(45)13-26(28(20)24)31-19(2)30-29(34(46)48-31)33(41-16-21-15-40-32-25(21)6-4-10-39-32)43-35(42-30)47-18-36-9-5-11-44(36)17-22(37)14-36/h1,4,6-8,10,12-13,21-22,45H,5,9,11,14-18H2,2H3,(H,39,40)(H,41,42,43)/t21?,22-,36+/m1/s1. The van der Waals surface area contributed by atoms with Gasteiger partial charge in [-0.05, 0) is 56.0 Å². The molecular weight excluding hydrogens is 618 g/mol. The molecule has 0 bridgehead atoms. The molecule has 3 aliphatic rings. The summed E-state index contributed by atoms with van der Waals surface area (Å²) in [5.74, 6) is 2.80. The third-order valence-electron chi connectivity index (χ3n) is 9.97. The van der Waals surface area contributed by atoms with E-state index in [9.17, 15) is 18.7 Å². The molecule has 5 aromatic rings. The van der Waals surface area contributed by atoms with Gasteiger partial charge in [0.15, 0.2) is 0 Å². The van der Waals surface area contributed by atoms with Gasteiger partial charge in [0, 0.05) is 60.2 Å². The number of ether oxygens (including phenoxy) is 1. The number of rotatable bonds is 7. The maximum atomic E-state index is 14.9. The Hall–Kier alpha value is -5.28. The molecule has 6 heterocycles. The van der Waals surface area contributed by atoms with Crippen molar-refractivity contribution >= 4 is 33.3 Å². The fraction of sp³-hybridized carbons (Fsp3) is 0.333. The van der Waals surface area contributed by atoms with E-state index < -0.39 is 23.2 Å². The highest BCUT2D eigenvalue weighted by Crippen LogP contribution is 2.42. The zero-order chi connectivity index (χ0) is 33.2. The SMILES string of the molecule is C#Cc1c(F)ccc2cc(O)cc(-c3oc(=O)c4c(NCC5CNc6ncccc65)nc(OC[C@@]56CCCN5C[C@H](F)C6)nc4c3C)c12. The summed E-state index contributed by atoms with van der Waals surface area (Å²) >= 11 is 0. The molecule has 3 N–H and O–H groups in total. The summed E-state index contributed by atoms with van der Waals surface area (Å²) in [5.41, 5.74) is 0.766. The summed E-state index contributed by atoms with van der Waals surface area (Å²) in [6, 6.07) is 9.49. The summed E-state index contributed by atoms with van der Waals surface area (Å²) in [6.45, 7) is 4.16. The van der Waals surface area contributed by atoms with Crippen LogP contribution in [0.25, 0.3) is 33.0 Å². The van der Waals surface area contributed by atoms with Gasteiger partial charge in [-0.3, -0.25) is 4.90 Å². The molecule has 244 valence electrons. The lowest BCUT2D eigenvalue weighted by molar-refractivity contribution is 0.107. The van der Waals surface area contributed by atoms with E-state index in [4.69, 9.17) is 20.6 Å². The van der Waals surface area contributed by atoms with Crippen molar-refractivity contribution < 1.29 is 23.0 Å². The Morgan fingerprint density at radius 2 is 2.15 bits per heavy atom. The van der Waals surface area contributed by atoms with Crippen molar-refractivity contribution in [2.24, 2.45) is 0 Å². The van der Waals surface area contributed by atoms with E-state index in [1.807, 2.05) is 12.1 Å². The Bertz CT molecular complexity index is 2220. The number of halogens is 2. The summed E-state index contributed by atoms with van der Waals surface area (Å²) in [4.78, 5) is 29.8. The molecule has 2 saturated heterocycles. The quantitative estimate of drug-likeness (QED) is 0.194. The monoisotopic (exact) mass is 650 g/mol. The Morgan fingerprint density at radius 1 is 1.27 bits per heavy atom. The molecule has 1 unspecified atom stereocenters. The van der Waals surface area contributed by atoms with E-state index in [1.54, 1.807) is 13.1 Å². The third-order valence-corrected chi connectivity index (χ3v) is 9.97. The highest BCUT2D eigenvalue weighted by Gasteiger charge is 2.49. The second-order valence-electron chi connectivity index (χ2n) is 12.8. The lowest BCUT2D eigenvalue weighted by Gasteiger charge is -2.30. The molecule has 2 fully saturated rings. The Labute approximate surface area is 274 Å². The van der Waals surface area contributed by atoms with E-state index in [1.165, 1.54) is 24.3 Å². The molecule has 3 atom stereocenters. The summed E-state index contributed by atoms with van der Waals surface area (Å²) < 4.78 is 41.6. The van der Waals surface area contributed by atoms with Gasteiger partial charge in [-0.1, -0.05) is 18.1 Å². The molecule has 0 saturated carbocycles. The lowest BCUT2D eigenvalue weighted by atomic mass is 9.95. The summed E-state index contributed by atoms with van der Waals surface area (Å²) in [7, 11) is 0. The average Bonchev–Trinajstić information content (AvgIpc) is 3.76. The second kappa shape index (κ2) is 11.5. The maximum absolute atomic E-state index is 14.9. The number of terminal acetylenes is 1. The van der Waals surface area contributed by atoms with Crippen molar-refractivity contribution in [1.82, 2.24) is 19.9 Å². The van der Waals surface area contributed by atoms with Crippen molar-refractivity contribution in [1.29, 1.82) is 0 Å². The van der Waals surface area contributed by atoms with Gasteiger partial charge >= 0.3 is 11.6 Å². The number of phenols is 1. The van der Waals surface area contributed by atoms with Gasteiger partial charge in [0.1, 0.15) is 47.1 Å². The lowest BCUT2D eigenvalue weighted by Crippen LogP contribution is -2.43. The van der Waals surface area contributed by atoms with Crippen LogP contribution < -0.4 is 21.0 Å². The molecule has 12 heteroatoms. The van der Waals surface area contributed by atoms with E-state index >= 15 is 0 Å². The first-order valence-corrected chi connectivity index (χ1v) is 16.0. The Kier molecular flexibility index (Phi) is 7.18. The van der Waals surface area contributed by atoms with E-state index in [0.29, 0.717) is 42.4 Å². The van der Waals surface area contributed by atoms with Crippen LogP contribution in [0.3, 0.4) is 0 Å². The number of nitrogens with one attached hydrogen (secondary N) is 2. The molecule has 2 aromatic carbocycles. The van der Waals surface area contributed by atoms with Crippen molar-refractivity contribution in [3.05, 3.63) is 75.5 Å². The van der Waals surface area contributed by atoms with Crippen LogP contribution in [0, 0.1) is 25.1 Å². The number of fused-ring (bicyclic) bond motifs is 4. The highest BCUT2D eigenvalue weighted by molar-refractivity contribution is 6.03. The Balaban J connectivity index is 1.26. The van der Waals surface area contributed by atoms with Crippen LogP contribution in [0.2, 0.25) is 0 Å². The van der Waals surface area contributed by atoms with Crippen LogP contribution >= 0.6 is 0 Å². The van der Waals surface area contributed by atoms with Crippen LogP contribution in [0.4, 0.5) is 20.4 Å². The molecule has 8 rings (SSSR count). The Morgan fingerprint density at radius 3 is 3.00 bits per heavy atom. The number of benzene rings is 2. The first-order valence-electron chi connectivity index (χ1n) is 16.0. The molecule has 0 amide bonds. The number of aromatic hydroxyl groups is 1. The number of nitrogens with zero attached hydrogens (tertiary/aromatic N) is 4. The van der Waals surface area contributed by atoms with Crippen LogP contribution in [0.15, 0.2) is 51.8 Å². The summed E-state index contributed by atoms with van der Waals surface area (Å²) in [6.07, 6.45) is 8.65. The van der Waals surface area contributed by atoms with Crippen molar-refractivity contribution in [3.63, 3.8) is 0 Å². The number of aromatic nitrogens is 3. The molecule has 10 nitrogen and oxygen atoms in total. The van der Waals surface area contributed by atoms with Gasteiger partial charge in [0.25, 0.3) is 0 Å². The molecule has 0 spiro atoms. The topological polar surface area (TPSA) is 126 Å². The molecule has 0 radical (unpaired) electrons. The second-order valence-corrected chi connectivity index (χ2v) is 12.8. The first-order chi connectivity index (χ1) is 23.2. The van der Waals surface area contributed by atoms with Crippen molar-refractivity contribution in [2.75, 3.05) is 43.4 Å². The number of aryl methyl sites for hydroxylation is 1. The predicted octanol–water partition coefficient (Wildman–Crippen LogP) is 5.51. The fourth-order valence-corrected chi connectivity index (χ4v) is 7.70. The van der Waals surface area contributed by atoms with E-state index in [0.717, 1.165) is 30.8 Å². The zero-order valence-corrected chi connectivity index (χ0v) is 26.1. The van der Waals surface area contributed by atoms with Crippen LogP contribution in [-0.2, 0) is 0 Å². The van der Waals surface area contributed by atoms with Gasteiger partial charge in [0.2, 0.25) is 0 Å². The van der Waals surface area contributed by atoms with Crippen molar-refractivity contribution in [2.45, 2.75) is 43.8 Å². The predicted molar refractivity (Wildman–Crippen MR) is 178 cm³/mol. The zero-order valence-electron chi connectivity index (χ0n) is 26.1. The number of phenolic OH excluding ortho intramolecular Hbond substituents is 1. The minimum atomic E-state index is -0.926. The smallest absolute Gasteiger partial charge is 0.349 e. The number of pyridine rings is 1. The van der Waals surface area contributed by atoms with E-state index in [-0.39, 0.29) is 57.9 Å². The van der Waals surface area contributed by atoms with Crippen LogP contribution in [0.1, 0.15) is 41.9 Å². The number of hydrogen-bond acceptors (Lipinski definition) is 10. The largest absolute Gasteiger partial charge is 0.508 e. The molecule has 3 aromatic heterocycles. The van der Waals surface area contributed by atoms with Gasteiger partial charge in [-0.25, -0.2) is 18.6 Å². The number of anilines is 2. The van der Waals surface area contributed by atoms with Crippen LogP contribution in [0.5, 0.6) is 11.8 Å². The normalized spacial score (nSPS) is 21.6. The third kappa shape index (κ3) is 4.88. The van der Waals surface area contributed by atoms with Gasteiger partial charge in [-0.2, -0.15) is 9.97 Å². The molecular formula is C36H32F2N6O4. The van der Waals surface area contributed by atoms with Gasteiger partial charge in [-0.15, -0.1) is 6.42 Å². The van der Waals surface area contributed by atoms with Crippen LogP contribution in [-0.4, -0.2) is 69.5 Å². The first kappa shape index (κ1) is 30.1. The molecule has 3 aliphatic heterocycles. The minimum Gasteiger partial charge on any atom is -0.508 e. The van der Waals surface area contributed by atoms with Gasteiger partial charge in [0.05, 0.1) is 16.6 Å². The molecule has 0 aliphatic carbocycles. The summed E-state index contributed by atoms with van der Waals surface area (Å²) in [5, 5.41) is 18.2. The maximum Gasteiger partial charge on any atom is 0.349 e. The number of hydrogen-bond donors (Lipinski definition) is 3. The highest BCUT2D eigenvalue weighted by atomic mass is 19.1.